The molecule has 9 heavy (non-hydrogen) atoms. The fourth-order valence-electron chi connectivity index (χ4n) is 0.443. The number of carbonyl (C=O) groups is 1. The largest absolute Gasteiger partial charge is 0.393 e. The van der Waals surface area contributed by atoms with Crippen molar-refractivity contribution in [3.63, 3.8) is 0 Å². The molecule has 0 saturated heterocycles. The first-order valence-electron chi connectivity index (χ1n) is 3.00. The van der Waals surface area contributed by atoms with E-state index in [-0.39, 0.29) is 6.10 Å². The highest BCUT2D eigenvalue weighted by atomic mass is 16.3. The van der Waals surface area contributed by atoms with Gasteiger partial charge in [0.05, 0.1) is 6.10 Å². The van der Waals surface area contributed by atoms with Gasteiger partial charge in [-0.25, -0.2) is 0 Å². The molecular weight excluding hydrogens is 118 g/mol. The maximum atomic E-state index is 9.96. The molecule has 0 aliphatic carbocycles. The van der Waals surface area contributed by atoms with Gasteiger partial charge >= 0.3 is 0 Å². The fourth-order valence-corrected chi connectivity index (χ4v) is 0.443. The van der Waals surface area contributed by atoms with Crippen LogP contribution in [0.3, 0.4) is 0 Å². The second-order valence-electron chi connectivity index (χ2n) is 2.22. The number of carbonyl (C=O) groups excluding carboxylic acids is 1. The standard InChI is InChI=1S/C6H13NO2/c1-6(9)3-4-7(2)5-8/h5-6,9H,3-4H2,1-2H3. The minimum absolute atomic E-state index is 0.313. The number of aliphatic hydroxyl groups excluding tert-OH is 1. The average molecular weight is 131 g/mol. The van der Waals surface area contributed by atoms with E-state index in [9.17, 15) is 4.79 Å². The van der Waals surface area contributed by atoms with Gasteiger partial charge < -0.3 is 10.0 Å². The Kier molecular flexibility index (Phi) is 4.05. The predicted molar refractivity (Wildman–Crippen MR) is 35.0 cm³/mol. The first-order chi connectivity index (χ1) is 4.16. The second kappa shape index (κ2) is 4.32. The number of amides is 1. The normalized spacial score (nSPS) is 12.8. The van der Waals surface area contributed by atoms with E-state index in [1.807, 2.05) is 0 Å². The van der Waals surface area contributed by atoms with Gasteiger partial charge in [-0.3, -0.25) is 4.79 Å². The highest BCUT2D eigenvalue weighted by Gasteiger charge is 1.96. The molecule has 0 fully saturated rings. The molecule has 0 saturated carbocycles. The molecule has 1 atom stereocenters. The molecule has 1 N–H and O–H groups in total. The summed E-state index contributed by atoms with van der Waals surface area (Å²) in [5, 5.41) is 8.75. The van der Waals surface area contributed by atoms with Crippen LogP contribution in [0.1, 0.15) is 13.3 Å². The third kappa shape index (κ3) is 5.30. The fraction of sp³-hybridized carbons (Fsp3) is 0.833. The molecule has 0 aliphatic rings. The minimum Gasteiger partial charge on any atom is -0.393 e. The zero-order chi connectivity index (χ0) is 7.28. The van der Waals surface area contributed by atoms with Gasteiger partial charge in [0, 0.05) is 13.6 Å². The van der Waals surface area contributed by atoms with Crippen molar-refractivity contribution in [2.24, 2.45) is 0 Å². The SMILES string of the molecule is CC(O)CCN(C)C=O. The van der Waals surface area contributed by atoms with Gasteiger partial charge in [0.25, 0.3) is 0 Å². The van der Waals surface area contributed by atoms with Crippen LogP contribution < -0.4 is 0 Å². The van der Waals surface area contributed by atoms with Crippen molar-refractivity contribution < 1.29 is 9.90 Å². The number of aliphatic hydroxyl groups is 1. The quantitative estimate of drug-likeness (QED) is 0.539. The Morgan fingerprint density at radius 3 is 2.67 bits per heavy atom. The predicted octanol–water partition coefficient (Wildman–Crippen LogP) is -0.155. The smallest absolute Gasteiger partial charge is 0.209 e. The lowest BCUT2D eigenvalue weighted by Crippen LogP contribution is -2.20. The molecule has 0 heterocycles. The molecule has 1 unspecified atom stereocenters. The highest BCUT2D eigenvalue weighted by molar-refractivity contribution is 5.46. The highest BCUT2D eigenvalue weighted by Crippen LogP contribution is 1.89. The van der Waals surface area contributed by atoms with Crippen LogP contribution in [0, 0.1) is 0 Å². The third-order valence-corrected chi connectivity index (χ3v) is 1.08. The molecule has 54 valence electrons. The molecule has 0 rings (SSSR count). The van der Waals surface area contributed by atoms with Crippen molar-refractivity contribution in [2.75, 3.05) is 13.6 Å². The zero-order valence-corrected chi connectivity index (χ0v) is 5.87. The lowest BCUT2D eigenvalue weighted by Gasteiger charge is -2.10. The minimum atomic E-state index is -0.313. The average Bonchev–Trinajstić information content (AvgIpc) is 1.83. The zero-order valence-electron chi connectivity index (χ0n) is 5.87. The van der Waals surface area contributed by atoms with Crippen molar-refractivity contribution in [1.82, 2.24) is 4.90 Å². The van der Waals surface area contributed by atoms with Crippen LogP contribution >= 0.6 is 0 Å². The van der Waals surface area contributed by atoms with E-state index < -0.39 is 0 Å². The van der Waals surface area contributed by atoms with Crippen molar-refractivity contribution in [3.05, 3.63) is 0 Å². The Bertz CT molecular complexity index is 83.1. The van der Waals surface area contributed by atoms with Gasteiger partial charge in [-0.15, -0.1) is 0 Å². The summed E-state index contributed by atoms with van der Waals surface area (Å²) in [6, 6.07) is 0. The monoisotopic (exact) mass is 131 g/mol. The van der Waals surface area contributed by atoms with Crippen LogP contribution in [0.15, 0.2) is 0 Å². The van der Waals surface area contributed by atoms with E-state index in [2.05, 4.69) is 0 Å². The second-order valence-corrected chi connectivity index (χ2v) is 2.22. The first-order valence-corrected chi connectivity index (χ1v) is 3.00. The van der Waals surface area contributed by atoms with E-state index >= 15 is 0 Å². The maximum Gasteiger partial charge on any atom is 0.209 e. The maximum absolute atomic E-state index is 9.96. The van der Waals surface area contributed by atoms with Gasteiger partial charge in [0.15, 0.2) is 0 Å². The Hall–Kier alpha value is -0.570. The summed E-state index contributed by atoms with van der Waals surface area (Å²) in [5.41, 5.74) is 0. The number of hydrogen-bond donors (Lipinski definition) is 1. The summed E-state index contributed by atoms with van der Waals surface area (Å²) in [4.78, 5) is 11.5. The Labute approximate surface area is 55.3 Å². The summed E-state index contributed by atoms with van der Waals surface area (Å²) in [6.07, 6.45) is 1.09. The van der Waals surface area contributed by atoms with Gasteiger partial charge in [-0.1, -0.05) is 0 Å². The summed E-state index contributed by atoms with van der Waals surface area (Å²) in [6.45, 7) is 2.33. The number of hydrogen-bond acceptors (Lipinski definition) is 2. The Balaban J connectivity index is 3.16. The first kappa shape index (κ1) is 8.43. The summed E-state index contributed by atoms with van der Waals surface area (Å²) < 4.78 is 0. The molecule has 0 aromatic heterocycles. The van der Waals surface area contributed by atoms with Crippen LogP contribution in [-0.4, -0.2) is 36.1 Å². The van der Waals surface area contributed by atoms with E-state index in [1.54, 1.807) is 14.0 Å². The molecular formula is C6H13NO2. The van der Waals surface area contributed by atoms with Crippen LogP contribution in [0.4, 0.5) is 0 Å². The lowest BCUT2D eigenvalue weighted by molar-refractivity contribution is -0.117. The number of rotatable bonds is 4. The van der Waals surface area contributed by atoms with Gasteiger partial charge in [0.2, 0.25) is 6.41 Å². The van der Waals surface area contributed by atoms with E-state index in [0.717, 1.165) is 6.41 Å². The molecule has 0 radical (unpaired) electrons. The molecule has 0 bridgehead atoms. The molecule has 0 spiro atoms. The van der Waals surface area contributed by atoms with E-state index in [1.165, 1.54) is 4.90 Å². The van der Waals surface area contributed by atoms with E-state index in [4.69, 9.17) is 5.11 Å². The van der Waals surface area contributed by atoms with Crippen molar-refractivity contribution in [2.45, 2.75) is 19.4 Å². The van der Waals surface area contributed by atoms with E-state index in [0.29, 0.717) is 13.0 Å². The number of nitrogens with zero attached hydrogens (tertiary/aromatic N) is 1. The molecule has 3 heteroatoms. The topological polar surface area (TPSA) is 40.5 Å². The summed E-state index contributed by atoms with van der Waals surface area (Å²) in [7, 11) is 1.69. The van der Waals surface area contributed by atoms with Crippen molar-refractivity contribution in [3.8, 4) is 0 Å². The van der Waals surface area contributed by atoms with Gasteiger partial charge in [-0.2, -0.15) is 0 Å². The molecule has 0 aliphatic heterocycles. The molecule has 0 aromatic rings. The van der Waals surface area contributed by atoms with Crippen LogP contribution in [0.5, 0.6) is 0 Å². The van der Waals surface area contributed by atoms with Crippen molar-refractivity contribution in [1.29, 1.82) is 0 Å². The molecule has 1 amide bonds. The molecule has 0 aromatic carbocycles. The van der Waals surface area contributed by atoms with Crippen LogP contribution in [0.2, 0.25) is 0 Å². The molecule has 3 nitrogen and oxygen atoms in total. The summed E-state index contributed by atoms with van der Waals surface area (Å²) >= 11 is 0. The van der Waals surface area contributed by atoms with Gasteiger partial charge in [-0.05, 0) is 13.3 Å². The van der Waals surface area contributed by atoms with Crippen LogP contribution in [-0.2, 0) is 4.79 Å². The van der Waals surface area contributed by atoms with Crippen LogP contribution in [0.25, 0.3) is 0 Å². The summed E-state index contributed by atoms with van der Waals surface area (Å²) in [5.74, 6) is 0. The van der Waals surface area contributed by atoms with Gasteiger partial charge in [0.1, 0.15) is 0 Å². The third-order valence-electron chi connectivity index (χ3n) is 1.08. The Morgan fingerprint density at radius 1 is 1.78 bits per heavy atom. The lowest BCUT2D eigenvalue weighted by atomic mass is 10.3. The van der Waals surface area contributed by atoms with Crippen molar-refractivity contribution >= 4 is 6.41 Å². The Morgan fingerprint density at radius 2 is 2.33 bits per heavy atom.